The van der Waals surface area contributed by atoms with Crippen LogP contribution in [0.25, 0.3) is 0 Å². The van der Waals surface area contributed by atoms with Gasteiger partial charge in [0.2, 0.25) is 0 Å². The summed E-state index contributed by atoms with van der Waals surface area (Å²) in [4.78, 5) is 23.0. The van der Waals surface area contributed by atoms with Crippen LogP contribution in [-0.2, 0) is 20.7 Å². The monoisotopic (exact) mass is 284 g/mol. The quantitative estimate of drug-likeness (QED) is 0.644. The molecule has 0 heterocycles. The molecule has 1 aromatic rings. The van der Waals surface area contributed by atoms with Gasteiger partial charge in [-0.3, -0.25) is 9.59 Å². The SMILES string of the molecule is CCC(C)OC(=O)C(Cc1ccccc1Cl)C(=O)O. The van der Waals surface area contributed by atoms with Gasteiger partial charge in [0.05, 0.1) is 6.10 Å². The molecule has 104 valence electrons. The molecule has 0 aliphatic rings. The van der Waals surface area contributed by atoms with E-state index in [4.69, 9.17) is 21.4 Å². The first-order valence-corrected chi connectivity index (χ1v) is 6.50. The Kier molecular flexibility index (Phi) is 5.83. The highest BCUT2D eigenvalue weighted by atomic mass is 35.5. The molecule has 19 heavy (non-hydrogen) atoms. The molecule has 0 saturated heterocycles. The molecule has 0 spiro atoms. The Balaban J connectivity index is 2.82. The number of hydrogen-bond acceptors (Lipinski definition) is 3. The maximum Gasteiger partial charge on any atom is 0.320 e. The van der Waals surface area contributed by atoms with Crippen molar-refractivity contribution >= 4 is 23.5 Å². The van der Waals surface area contributed by atoms with E-state index in [1.165, 1.54) is 0 Å². The normalized spacial score (nSPS) is 13.6. The van der Waals surface area contributed by atoms with E-state index in [1.54, 1.807) is 31.2 Å². The number of carbonyl (C=O) groups excluding carboxylic acids is 1. The third kappa shape index (κ3) is 4.56. The van der Waals surface area contributed by atoms with E-state index >= 15 is 0 Å². The zero-order valence-electron chi connectivity index (χ0n) is 10.9. The molecule has 1 rings (SSSR count). The predicted molar refractivity (Wildman–Crippen MR) is 72.1 cm³/mol. The van der Waals surface area contributed by atoms with Crippen LogP contribution in [0.4, 0.5) is 0 Å². The van der Waals surface area contributed by atoms with Gasteiger partial charge in [0, 0.05) is 5.02 Å². The number of carboxylic acid groups (broad SMARTS) is 1. The average Bonchev–Trinajstić information content (AvgIpc) is 2.36. The van der Waals surface area contributed by atoms with Gasteiger partial charge in [0.1, 0.15) is 0 Å². The minimum absolute atomic E-state index is 0.0320. The lowest BCUT2D eigenvalue weighted by molar-refractivity contribution is -0.161. The molecule has 2 unspecified atom stereocenters. The van der Waals surface area contributed by atoms with Crippen LogP contribution in [-0.4, -0.2) is 23.1 Å². The Morgan fingerprint density at radius 3 is 2.53 bits per heavy atom. The van der Waals surface area contributed by atoms with E-state index in [9.17, 15) is 9.59 Å². The molecule has 0 saturated carbocycles. The molecule has 1 aromatic carbocycles. The fraction of sp³-hybridized carbons (Fsp3) is 0.429. The highest BCUT2D eigenvalue weighted by Crippen LogP contribution is 2.20. The Labute approximate surface area is 117 Å². The number of esters is 1. The minimum atomic E-state index is -1.23. The molecule has 0 radical (unpaired) electrons. The first-order chi connectivity index (χ1) is 8.95. The molecular formula is C14H17ClO4. The Morgan fingerprint density at radius 2 is 2.00 bits per heavy atom. The number of carbonyl (C=O) groups is 2. The topological polar surface area (TPSA) is 63.6 Å². The van der Waals surface area contributed by atoms with E-state index in [0.717, 1.165) is 0 Å². The van der Waals surface area contributed by atoms with Gasteiger partial charge in [-0.2, -0.15) is 0 Å². The van der Waals surface area contributed by atoms with E-state index < -0.39 is 17.9 Å². The van der Waals surface area contributed by atoms with Gasteiger partial charge in [-0.1, -0.05) is 36.7 Å². The smallest absolute Gasteiger partial charge is 0.320 e. The number of ether oxygens (including phenoxy) is 1. The number of hydrogen-bond donors (Lipinski definition) is 1. The maximum atomic E-state index is 11.8. The van der Waals surface area contributed by atoms with Gasteiger partial charge in [-0.15, -0.1) is 0 Å². The summed E-state index contributed by atoms with van der Waals surface area (Å²) >= 11 is 5.97. The summed E-state index contributed by atoms with van der Waals surface area (Å²) in [6, 6.07) is 6.86. The van der Waals surface area contributed by atoms with Crippen LogP contribution in [0.3, 0.4) is 0 Å². The highest BCUT2D eigenvalue weighted by molar-refractivity contribution is 6.31. The molecule has 5 heteroatoms. The van der Waals surface area contributed by atoms with Crippen LogP contribution < -0.4 is 0 Å². The van der Waals surface area contributed by atoms with Crippen LogP contribution in [0.5, 0.6) is 0 Å². The van der Waals surface area contributed by atoms with Crippen molar-refractivity contribution in [2.75, 3.05) is 0 Å². The largest absolute Gasteiger partial charge is 0.481 e. The van der Waals surface area contributed by atoms with Crippen molar-refractivity contribution in [2.45, 2.75) is 32.8 Å². The van der Waals surface area contributed by atoms with E-state index in [0.29, 0.717) is 17.0 Å². The zero-order chi connectivity index (χ0) is 14.4. The third-order valence-electron chi connectivity index (χ3n) is 2.86. The number of benzene rings is 1. The van der Waals surface area contributed by atoms with Gasteiger partial charge in [0.25, 0.3) is 0 Å². The first-order valence-electron chi connectivity index (χ1n) is 6.12. The van der Waals surface area contributed by atoms with E-state index in [-0.39, 0.29) is 12.5 Å². The highest BCUT2D eigenvalue weighted by Gasteiger charge is 2.29. The van der Waals surface area contributed by atoms with Crippen LogP contribution in [0.1, 0.15) is 25.8 Å². The van der Waals surface area contributed by atoms with Crippen LogP contribution in [0.2, 0.25) is 5.02 Å². The minimum Gasteiger partial charge on any atom is -0.481 e. The summed E-state index contributed by atoms with van der Waals surface area (Å²) in [6.07, 6.45) is 0.384. The van der Waals surface area contributed by atoms with Crippen molar-refractivity contribution < 1.29 is 19.4 Å². The summed E-state index contributed by atoms with van der Waals surface area (Å²) in [5.74, 6) is -3.15. The second kappa shape index (κ2) is 7.14. The lowest BCUT2D eigenvalue weighted by Crippen LogP contribution is -2.30. The second-order valence-electron chi connectivity index (χ2n) is 4.34. The van der Waals surface area contributed by atoms with Gasteiger partial charge < -0.3 is 9.84 Å². The molecule has 0 amide bonds. The molecule has 1 N–H and O–H groups in total. The van der Waals surface area contributed by atoms with Crippen LogP contribution in [0, 0.1) is 5.92 Å². The van der Waals surface area contributed by atoms with Crippen molar-refractivity contribution in [1.29, 1.82) is 0 Å². The fourth-order valence-electron chi connectivity index (χ4n) is 1.52. The molecule has 0 aliphatic carbocycles. The molecule has 0 aliphatic heterocycles. The summed E-state index contributed by atoms with van der Waals surface area (Å²) in [5.41, 5.74) is 0.623. The third-order valence-corrected chi connectivity index (χ3v) is 3.23. The van der Waals surface area contributed by atoms with Crippen molar-refractivity contribution in [3.05, 3.63) is 34.9 Å². The van der Waals surface area contributed by atoms with Crippen molar-refractivity contribution in [3.63, 3.8) is 0 Å². The van der Waals surface area contributed by atoms with Crippen molar-refractivity contribution in [2.24, 2.45) is 5.92 Å². The number of halogens is 1. The van der Waals surface area contributed by atoms with E-state index in [2.05, 4.69) is 0 Å². The maximum absolute atomic E-state index is 11.8. The molecule has 0 fully saturated rings. The predicted octanol–water partition coefficient (Wildman–Crippen LogP) is 2.93. The lowest BCUT2D eigenvalue weighted by Gasteiger charge is -2.16. The van der Waals surface area contributed by atoms with E-state index in [1.807, 2.05) is 6.92 Å². The summed E-state index contributed by atoms with van der Waals surface area (Å²) < 4.78 is 5.07. The van der Waals surface area contributed by atoms with Gasteiger partial charge in [-0.25, -0.2) is 0 Å². The number of aliphatic carboxylic acids is 1. The summed E-state index contributed by atoms with van der Waals surface area (Å²) in [7, 11) is 0. The second-order valence-corrected chi connectivity index (χ2v) is 4.75. The summed E-state index contributed by atoms with van der Waals surface area (Å²) in [5, 5.41) is 9.59. The molecule has 0 aromatic heterocycles. The standard InChI is InChI=1S/C14H17ClO4/c1-3-9(2)19-14(18)11(13(16)17)8-10-6-4-5-7-12(10)15/h4-7,9,11H,3,8H2,1-2H3,(H,16,17). The molecule has 4 nitrogen and oxygen atoms in total. The Hall–Kier alpha value is -1.55. The first kappa shape index (κ1) is 15.5. The van der Waals surface area contributed by atoms with Gasteiger partial charge >= 0.3 is 11.9 Å². The van der Waals surface area contributed by atoms with Gasteiger partial charge in [-0.05, 0) is 31.4 Å². The zero-order valence-corrected chi connectivity index (χ0v) is 11.7. The molecule has 2 atom stereocenters. The Bertz CT molecular complexity index is 459. The van der Waals surface area contributed by atoms with Crippen LogP contribution in [0.15, 0.2) is 24.3 Å². The Morgan fingerprint density at radius 1 is 1.37 bits per heavy atom. The van der Waals surface area contributed by atoms with Crippen LogP contribution >= 0.6 is 11.6 Å². The van der Waals surface area contributed by atoms with Crippen molar-refractivity contribution in [1.82, 2.24) is 0 Å². The summed E-state index contributed by atoms with van der Waals surface area (Å²) in [6.45, 7) is 3.59. The average molecular weight is 285 g/mol. The van der Waals surface area contributed by atoms with Crippen molar-refractivity contribution in [3.8, 4) is 0 Å². The number of carboxylic acids is 1. The van der Waals surface area contributed by atoms with Gasteiger partial charge in [0.15, 0.2) is 5.92 Å². The molecular weight excluding hydrogens is 268 g/mol. The molecule has 0 bridgehead atoms. The number of rotatable bonds is 6. The fourth-order valence-corrected chi connectivity index (χ4v) is 1.73. The lowest BCUT2D eigenvalue weighted by atomic mass is 9.99.